The first kappa shape index (κ1) is 44.8. The van der Waals surface area contributed by atoms with Crippen LogP contribution in [0.3, 0.4) is 0 Å². The molecule has 0 aromatic heterocycles. The number of hydrogen-bond donors (Lipinski definition) is 1. The van der Waals surface area contributed by atoms with Crippen LogP contribution in [-0.4, -0.2) is 81.3 Å². The summed E-state index contributed by atoms with van der Waals surface area (Å²) in [6.07, 6.45) is 5.75. The zero-order chi connectivity index (χ0) is 40.9. The van der Waals surface area contributed by atoms with Gasteiger partial charge in [0.1, 0.15) is 25.1 Å². The summed E-state index contributed by atoms with van der Waals surface area (Å²) in [6.45, 7) is 22.1. The molecular weight excluding hydrogens is 716 g/mol. The van der Waals surface area contributed by atoms with Gasteiger partial charge in [-0.25, -0.2) is 0 Å². The first-order valence-corrected chi connectivity index (χ1v) is 21.5. The number of fused-ring (bicyclic) bond motifs is 3. The van der Waals surface area contributed by atoms with Crippen LogP contribution >= 0.6 is 0 Å². The minimum Gasteiger partial charge on any atom is -0.508 e. The number of esters is 2. The number of carbonyl (C=O) groups is 2. The second kappa shape index (κ2) is 18.8. The van der Waals surface area contributed by atoms with Crippen LogP contribution in [0.2, 0.25) is 0 Å². The average Bonchev–Trinajstić information content (AvgIpc) is 3.16. The molecule has 1 N–H and O–H groups in total. The summed E-state index contributed by atoms with van der Waals surface area (Å²) in [4.78, 5) is 25.7. The maximum absolute atomic E-state index is 12.9. The van der Waals surface area contributed by atoms with Crippen LogP contribution in [0.15, 0.2) is 18.2 Å². The van der Waals surface area contributed by atoms with Crippen molar-refractivity contribution >= 4 is 11.9 Å². The summed E-state index contributed by atoms with van der Waals surface area (Å²) in [7, 11) is 0. The fourth-order valence-electron chi connectivity index (χ4n) is 9.38. The molecule has 1 aromatic rings. The summed E-state index contributed by atoms with van der Waals surface area (Å²) in [6, 6.07) is 5.89. The molecule has 318 valence electrons. The molecule has 1 spiro atoms. The highest BCUT2D eigenvalue weighted by atomic mass is 16.9. The zero-order valence-electron chi connectivity index (χ0n) is 36.0. The largest absolute Gasteiger partial charge is 0.508 e. The third-order valence-corrected chi connectivity index (χ3v) is 12.8. The Morgan fingerprint density at radius 1 is 0.804 bits per heavy atom. The van der Waals surface area contributed by atoms with E-state index in [1.165, 1.54) is 11.1 Å². The molecule has 11 heteroatoms. The van der Waals surface area contributed by atoms with Gasteiger partial charge in [-0.15, -0.1) is 0 Å². The lowest BCUT2D eigenvalue weighted by molar-refractivity contribution is -0.472. The number of aromatic hydroxyl groups is 1. The molecule has 5 rings (SSSR count). The van der Waals surface area contributed by atoms with E-state index in [0.717, 1.165) is 25.7 Å². The van der Waals surface area contributed by atoms with E-state index < -0.39 is 23.5 Å². The highest BCUT2D eigenvalue weighted by Gasteiger charge is 2.53. The molecule has 56 heavy (non-hydrogen) atoms. The van der Waals surface area contributed by atoms with Crippen LogP contribution in [-0.2, 0) is 53.9 Å². The SMILES string of the molecule is CCC1(OCC2C3CCc4cc(O)ccc4C3CCC2(C)C)OCC2(CO1)COC(CC)(OC(COC(=O)C(C)CC(C)C)COC(=O)C(C)CC(C)C)OC2. The molecule has 0 bridgehead atoms. The topological polar surface area (TPSA) is 128 Å². The second-order valence-corrected chi connectivity index (χ2v) is 18.9. The van der Waals surface area contributed by atoms with Gasteiger partial charge in [-0.3, -0.25) is 9.59 Å². The maximum Gasteiger partial charge on any atom is 0.308 e. The van der Waals surface area contributed by atoms with Gasteiger partial charge in [0.25, 0.3) is 11.9 Å². The molecule has 2 heterocycles. The zero-order valence-corrected chi connectivity index (χ0v) is 36.0. The number of benzene rings is 1. The Bertz CT molecular complexity index is 1410. The van der Waals surface area contributed by atoms with Crippen molar-refractivity contribution in [2.75, 3.05) is 46.2 Å². The molecule has 0 radical (unpaired) electrons. The molecule has 0 amide bonds. The third kappa shape index (κ3) is 10.9. The fraction of sp³-hybridized carbons (Fsp3) is 0.822. The van der Waals surface area contributed by atoms with Gasteiger partial charge in [-0.1, -0.05) is 75.3 Å². The summed E-state index contributed by atoms with van der Waals surface area (Å²) in [5, 5.41) is 10.1. The molecule has 2 aliphatic carbocycles. The van der Waals surface area contributed by atoms with Crippen LogP contribution < -0.4 is 0 Å². The Kier molecular flexibility index (Phi) is 15.0. The van der Waals surface area contributed by atoms with Crippen molar-refractivity contribution < 1.29 is 52.6 Å². The number of phenolic OH excluding ortho intramolecular Hbond substituents is 1. The Hall–Kier alpha value is -2.28. The summed E-state index contributed by atoms with van der Waals surface area (Å²) in [5.74, 6) is -1.51. The molecular formula is C45H72O11. The van der Waals surface area contributed by atoms with Crippen molar-refractivity contribution in [3.63, 3.8) is 0 Å². The normalized spacial score (nSPS) is 31.7. The minimum absolute atomic E-state index is 0.0993. The van der Waals surface area contributed by atoms with Crippen LogP contribution in [0.25, 0.3) is 0 Å². The Balaban J connectivity index is 1.19. The average molecular weight is 789 g/mol. The van der Waals surface area contributed by atoms with E-state index in [-0.39, 0.29) is 55.6 Å². The van der Waals surface area contributed by atoms with E-state index in [4.69, 9.17) is 37.9 Å². The Morgan fingerprint density at radius 3 is 1.86 bits per heavy atom. The van der Waals surface area contributed by atoms with Gasteiger partial charge in [0, 0.05) is 12.8 Å². The predicted octanol–water partition coefficient (Wildman–Crippen LogP) is 8.53. The molecule has 11 nitrogen and oxygen atoms in total. The van der Waals surface area contributed by atoms with Crippen molar-refractivity contribution in [3.05, 3.63) is 29.3 Å². The van der Waals surface area contributed by atoms with Crippen molar-refractivity contribution in [1.82, 2.24) is 0 Å². The molecule has 5 unspecified atom stereocenters. The molecule has 5 atom stereocenters. The lowest BCUT2D eigenvalue weighted by Gasteiger charge is -2.52. The number of ether oxygens (including phenoxy) is 8. The molecule has 2 aliphatic heterocycles. The number of hydrogen-bond acceptors (Lipinski definition) is 11. The minimum atomic E-state index is -1.43. The monoisotopic (exact) mass is 789 g/mol. The number of aryl methyl sites for hydroxylation is 1. The van der Waals surface area contributed by atoms with Gasteiger partial charge in [0.15, 0.2) is 0 Å². The smallest absolute Gasteiger partial charge is 0.308 e. The standard InChI is InChI=1S/C45H72O11/c1-11-44(51-24-39-38-15-13-33-21-34(46)14-16-36(33)37(38)17-18-42(39,9)10)52-25-43(26-53-44)27-54-45(12-2,55-28-43)56-35(22-49-40(47)31(7)19-29(3)4)23-50-41(48)32(8)20-30(5)6/h14,16,21,29-32,35,37-39,46H,11-13,15,17-20,22-28H2,1-10H3. The van der Waals surface area contributed by atoms with E-state index in [9.17, 15) is 14.7 Å². The maximum atomic E-state index is 12.9. The van der Waals surface area contributed by atoms with Crippen molar-refractivity contribution in [3.8, 4) is 5.75 Å². The van der Waals surface area contributed by atoms with Crippen molar-refractivity contribution in [2.24, 2.45) is 46.3 Å². The van der Waals surface area contributed by atoms with Gasteiger partial charge in [-0.05, 0) is 96.8 Å². The van der Waals surface area contributed by atoms with E-state index in [1.54, 1.807) is 0 Å². The Labute approximate surface area is 336 Å². The van der Waals surface area contributed by atoms with E-state index in [2.05, 4.69) is 47.6 Å². The predicted molar refractivity (Wildman–Crippen MR) is 211 cm³/mol. The number of carbonyl (C=O) groups excluding carboxylic acids is 2. The second-order valence-electron chi connectivity index (χ2n) is 18.9. The van der Waals surface area contributed by atoms with Gasteiger partial charge in [-0.2, -0.15) is 0 Å². The van der Waals surface area contributed by atoms with Crippen molar-refractivity contribution in [2.45, 2.75) is 145 Å². The number of phenols is 1. The van der Waals surface area contributed by atoms with Crippen LogP contribution in [0.1, 0.15) is 131 Å². The van der Waals surface area contributed by atoms with E-state index in [1.807, 2.05) is 39.8 Å². The highest BCUT2D eigenvalue weighted by Crippen LogP contribution is 2.55. The van der Waals surface area contributed by atoms with Gasteiger partial charge in [0.05, 0.1) is 50.3 Å². The molecule has 3 fully saturated rings. The summed E-state index contributed by atoms with van der Waals surface area (Å²) < 4.78 is 50.3. The van der Waals surface area contributed by atoms with Gasteiger partial charge < -0.3 is 43.0 Å². The molecule has 4 aliphatic rings. The summed E-state index contributed by atoms with van der Waals surface area (Å²) in [5.41, 5.74) is 2.17. The third-order valence-electron chi connectivity index (χ3n) is 12.8. The quantitative estimate of drug-likeness (QED) is 0.153. The fourth-order valence-corrected chi connectivity index (χ4v) is 9.38. The van der Waals surface area contributed by atoms with Gasteiger partial charge >= 0.3 is 11.9 Å². The van der Waals surface area contributed by atoms with Crippen LogP contribution in [0.5, 0.6) is 5.75 Å². The first-order chi connectivity index (χ1) is 26.4. The Morgan fingerprint density at radius 2 is 1.34 bits per heavy atom. The molecule has 2 saturated heterocycles. The number of rotatable bonds is 17. The van der Waals surface area contributed by atoms with Crippen LogP contribution in [0, 0.1) is 46.3 Å². The van der Waals surface area contributed by atoms with Gasteiger partial charge in [0.2, 0.25) is 0 Å². The van der Waals surface area contributed by atoms with E-state index in [0.29, 0.717) is 80.8 Å². The lowest BCUT2D eigenvalue weighted by atomic mass is 9.55. The molecule has 1 aromatic carbocycles. The molecule has 1 saturated carbocycles. The lowest BCUT2D eigenvalue weighted by Crippen LogP contribution is -2.61. The first-order valence-electron chi connectivity index (χ1n) is 21.5. The summed E-state index contributed by atoms with van der Waals surface area (Å²) >= 11 is 0. The van der Waals surface area contributed by atoms with Crippen molar-refractivity contribution in [1.29, 1.82) is 0 Å². The highest BCUT2D eigenvalue weighted by molar-refractivity contribution is 5.72. The van der Waals surface area contributed by atoms with Crippen LogP contribution in [0.4, 0.5) is 0 Å². The van der Waals surface area contributed by atoms with E-state index >= 15 is 0 Å².